The van der Waals surface area contributed by atoms with Crippen molar-refractivity contribution >= 4 is 38.8 Å². The van der Waals surface area contributed by atoms with E-state index >= 15 is 0 Å². The van der Waals surface area contributed by atoms with E-state index in [-0.39, 0.29) is 10.9 Å². The minimum Gasteiger partial charge on any atom is -0.329 e. The molecule has 0 atom stereocenters. The van der Waals surface area contributed by atoms with Gasteiger partial charge in [-0.1, -0.05) is 0 Å². The Kier molecular flexibility index (Phi) is 3.22. The van der Waals surface area contributed by atoms with Crippen LogP contribution in [0.4, 0.5) is 11.6 Å². The minimum atomic E-state index is -3.87. The Morgan fingerprint density at radius 1 is 1.33 bits per heavy atom. The molecule has 1 N–H and O–H groups in total. The Hall–Kier alpha value is -2.26. The Bertz CT molecular complexity index is 827. The smallest absolute Gasteiger partial charge is 0.269 e. The molecule has 0 aromatic carbocycles. The summed E-state index contributed by atoms with van der Waals surface area (Å²) in [6, 6.07) is 3.24. The molecule has 3 rings (SSSR count). The number of Topliss-reactive ketones (excluding diaryl/α,β-unsaturated/α-hetero) is 1. The molecule has 0 amide bonds. The number of nitrogens with zero attached hydrogens (tertiary/aromatic N) is 3. The molecule has 0 spiro atoms. The fraction of sp³-hybridized carbons (Fsp3) is 0.0833. The summed E-state index contributed by atoms with van der Waals surface area (Å²) in [6.45, 7) is 0. The van der Waals surface area contributed by atoms with Crippen molar-refractivity contribution in [2.24, 2.45) is 0 Å². The number of thiophene rings is 1. The van der Waals surface area contributed by atoms with Gasteiger partial charge in [0.15, 0.2) is 4.91 Å². The number of hydrogen-bond donors (Lipinski definition) is 1. The summed E-state index contributed by atoms with van der Waals surface area (Å²) < 4.78 is 25.8. The summed E-state index contributed by atoms with van der Waals surface area (Å²) in [5.74, 6) is -0.311. The predicted molar refractivity (Wildman–Crippen MR) is 79.7 cm³/mol. The van der Waals surface area contributed by atoms with Gasteiger partial charge in [-0.05, 0) is 17.5 Å². The lowest BCUT2D eigenvalue weighted by Crippen LogP contribution is -2.35. The maximum absolute atomic E-state index is 12.4. The van der Waals surface area contributed by atoms with Crippen molar-refractivity contribution in [2.75, 3.05) is 16.7 Å². The second-order valence-corrected chi connectivity index (χ2v) is 7.02. The van der Waals surface area contributed by atoms with Crippen molar-refractivity contribution in [2.45, 2.75) is 0 Å². The summed E-state index contributed by atoms with van der Waals surface area (Å²) >= 11 is 1.21. The molecule has 3 heterocycles. The molecular formula is C12H10N4O3S2. The average molecular weight is 322 g/mol. The molecule has 0 bridgehead atoms. The quantitative estimate of drug-likeness (QED) is 0.841. The molecule has 0 unspecified atom stereocenters. The minimum absolute atomic E-state index is 0.215. The van der Waals surface area contributed by atoms with E-state index < -0.39 is 15.8 Å². The number of aromatic nitrogens is 2. The third kappa shape index (κ3) is 2.20. The number of rotatable bonds is 2. The molecule has 21 heavy (non-hydrogen) atoms. The van der Waals surface area contributed by atoms with Crippen molar-refractivity contribution < 1.29 is 13.2 Å². The van der Waals surface area contributed by atoms with Gasteiger partial charge in [-0.25, -0.2) is 18.4 Å². The summed E-state index contributed by atoms with van der Waals surface area (Å²) in [6.07, 6.45) is 4.15. The van der Waals surface area contributed by atoms with Crippen LogP contribution < -0.4 is 9.62 Å². The lowest BCUT2D eigenvalue weighted by atomic mass is 10.2. The van der Waals surface area contributed by atoms with Gasteiger partial charge in [-0.15, -0.1) is 11.3 Å². The van der Waals surface area contributed by atoms with Crippen molar-refractivity contribution in [3.8, 4) is 0 Å². The first kappa shape index (κ1) is 13.7. The molecule has 0 saturated carbocycles. The number of fused-ring (bicyclic) bond motifs is 1. The molecular weight excluding hydrogens is 312 g/mol. The van der Waals surface area contributed by atoms with Crippen molar-refractivity contribution in [1.82, 2.24) is 9.97 Å². The molecule has 0 saturated heterocycles. The molecule has 2 aromatic heterocycles. The first-order valence-corrected chi connectivity index (χ1v) is 8.18. The van der Waals surface area contributed by atoms with Gasteiger partial charge in [0.05, 0.1) is 5.69 Å². The lowest BCUT2D eigenvalue weighted by Gasteiger charge is -2.25. The van der Waals surface area contributed by atoms with Gasteiger partial charge in [0.25, 0.3) is 10.0 Å². The van der Waals surface area contributed by atoms with Crippen LogP contribution in [0.15, 0.2) is 41.0 Å². The molecule has 0 radical (unpaired) electrons. The summed E-state index contributed by atoms with van der Waals surface area (Å²) in [7, 11) is -2.45. The van der Waals surface area contributed by atoms with Gasteiger partial charge < -0.3 is 5.32 Å². The zero-order valence-corrected chi connectivity index (χ0v) is 12.5. The van der Waals surface area contributed by atoms with E-state index in [1.165, 1.54) is 30.8 Å². The third-order valence-corrected chi connectivity index (χ3v) is 5.63. The molecule has 108 valence electrons. The van der Waals surface area contributed by atoms with Crippen LogP contribution in [-0.2, 0) is 10.0 Å². The fourth-order valence-corrected chi connectivity index (χ4v) is 4.12. The first-order valence-electron chi connectivity index (χ1n) is 5.86. The van der Waals surface area contributed by atoms with E-state index in [0.717, 1.165) is 10.5 Å². The molecule has 2 aromatic rings. The summed E-state index contributed by atoms with van der Waals surface area (Å²) in [5.41, 5.74) is 0.401. The number of ketones is 1. The van der Waals surface area contributed by atoms with Crippen molar-refractivity contribution in [1.29, 1.82) is 0 Å². The summed E-state index contributed by atoms with van der Waals surface area (Å²) in [4.78, 5) is 20.2. The van der Waals surface area contributed by atoms with Gasteiger partial charge in [0.2, 0.25) is 11.7 Å². The molecule has 9 heteroatoms. The number of carbonyl (C=O) groups excluding carboxylic acids is 1. The molecule has 0 fully saturated rings. The Morgan fingerprint density at radius 3 is 2.76 bits per heavy atom. The summed E-state index contributed by atoms with van der Waals surface area (Å²) in [5, 5.41) is 4.32. The topological polar surface area (TPSA) is 92.3 Å². The highest BCUT2D eigenvalue weighted by atomic mass is 32.2. The second-order valence-electron chi connectivity index (χ2n) is 4.16. The lowest BCUT2D eigenvalue weighted by molar-refractivity contribution is 0.104. The van der Waals surface area contributed by atoms with Crippen LogP contribution in [0.2, 0.25) is 0 Å². The monoisotopic (exact) mass is 322 g/mol. The number of sulfonamides is 1. The molecule has 1 aliphatic rings. The Balaban J connectivity index is 2.04. The maximum atomic E-state index is 12.4. The van der Waals surface area contributed by atoms with E-state index in [1.54, 1.807) is 17.5 Å². The molecule has 0 aliphatic carbocycles. The van der Waals surface area contributed by atoms with Gasteiger partial charge in [0.1, 0.15) is 4.88 Å². The van der Waals surface area contributed by atoms with Gasteiger partial charge >= 0.3 is 0 Å². The van der Waals surface area contributed by atoms with Crippen molar-refractivity contribution in [3.63, 3.8) is 0 Å². The van der Waals surface area contributed by atoms with Crippen LogP contribution in [0.3, 0.4) is 0 Å². The van der Waals surface area contributed by atoms with Crippen LogP contribution in [0, 0.1) is 0 Å². The zero-order chi connectivity index (χ0) is 15.0. The van der Waals surface area contributed by atoms with Gasteiger partial charge in [-0.2, -0.15) is 0 Å². The Morgan fingerprint density at radius 2 is 2.05 bits per heavy atom. The largest absolute Gasteiger partial charge is 0.329 e. The van der Waals surface area contributed by atoms with E-state index in [0.29, 0.717) is 10.6 Å². The first-order chi connectivity index (χ1) is 10.0. The second kappa shape index (κ2) is 4.93. The normalized spacial score (nSPS) is 18.6. The highest BCUT2D eigenvalue weighted by Gasteiger charge is 2.39. The predicted octanol–water partition coefficient (Wildman–Crippen LogP) is 1.45. The van der Waals surface area contributed by atoms with Crippen LogP contribution >= 0.6 is 11.3 Å². The molecule has 7 nitrogen and oxygen atoms in total. The van der Waals surface area contributed by atoms with Crippen LogP contribution in [0.1, 0.15) is 9.67 Å². The fourth-order valence-electron chi connectivity index (χ4n) is 1.87. The van der Waals surface area contributed by atoms with Crippen LogP contribution in [-0.4, -0.2) is 31.2 Å². The average Bonchev–Trinajstić information content (AvgIpc) is 2.95. The van der Waals surface area contributed by atoms with Crippen molar-refractivity contribution in [3.05, 3.63) is 45.9 Å². The van der Waals surface area contributed by atoms with E-state index in [2.05, 4.69) is 15.3 Å². The van der Waals surface area contributed by atoms with Crippen LogP contribution in [0.5, 0.6) is 0 Å². The van der Waals surface area contributed by atoms with E-state index in [9.17, 15) is 13.2 Å². The zero-order valence-electron chi connectivity index (χ0n) is 10.8. The van der Waals surface area contributed by atoms with Gasteiger partial charge in [0, 0.05) is 25.6 Å². The highest BCUT2D eigenvalue weighted by molar-refractivity contribution is 7.97. The number of nitrogens with one attached hydrogen (secondary N) is 1. The van der Waals surface area contributed by atoms with Gasteiger partial charge in [-0.3, -0.25) is 9.10 Å². The van der Waals surface area contributed by atoms with E-state index in [1.807, 2.05) is 0 Å². The Labute approximate surface area is 125 Å². The highest BCUT2D eigenvalue weighted by Crippen LogP contribution is 2.37. The SMILES string of the molecule is CN1c2ccsc2C(=O)/C(=C/Nc2ncccn2)S1(=O)=O. The molecule has 1 aliphatic heterocycles. The van der Waals surface area contributed by atoms with Crippen LogP contribution in [0.25, 0.3) is 0 Å². The maximum Gasteiger partial charge on any atom is 0.269 e. The number of allylic oxidation sites excluding steroid dienone is 1. The standard InChI is InChI=1S/C12H10N4O3S2/c1-16-8-3-6-20-11(8)10(17)9(21(16,18)19)7-15-12-13-4-2-5-14-12/h2-7H,1H3,(H,13,14,15)/b9-7-. The third-order valence-electron chi connectivity index (χ3n) is 2.95. The number of hydrogen-bond acceptors (Lipinski definition) is 7. The number of anilines is 2. The number of carbonyl (C=O) groups is 1. The van der Waals surface area contributed by atoms with E-state index in [4.69, 9.17) is 0 Å².